The van der Waals surface area contributed by atoms with Crippen molar-refractivity contribution in [2.45, 2.75) is 25.8 Å². The standard InChI is InChI=1S/C16H23FN2O2/c1-4-11-10-19(8-7-15(11)18-2)16(20)13-6-5-12(21-3)9-14(13)17/h5-6,9,11,15,18H,4,7-8,10H2,1-3H3. The Hall–Kier alpha value is -1.62. The van der Waals surface area contributed by atoms with E-state index in [1.807, 2.05) is 7.05 Å². The van der Waals surface area contributed by atoms with Crippen molar-refractivity contribution in [3.8, 4) is 5.75 Å². The maximum absolute atomic E-state index is 14.0. The van der Waals surface area contributed by atoms with Gasteiger partial charge in [0.15, 0.2) is 0 Å². The Labute approximate surface area is 125 Å². The van der Waals surface area contributed by atoms with E-state index in [2.05, 4.69) is 12.2 Å². The van der Waals surface area contributed by atoms with E-state index < -0.39 is 5.82 Å². The maximum Gasteiger partial charge on any atom is 0.256 e. The number of rotatable bonds is 4. The normalized spacial score (nSPS) is 22.2. The van der Waals surface area contributed by atoms with Gasteiger partial charge in [-0.05, 0) is 31.5 Å². The topological polar surface area (TPSA) is 41.6 Å². The van der Waals surface area contributed by atoms with Gasteiger partial charge in [-0.2, -0.15) is 0 Å². The SMILES string of the molecule is CCC1CN(C(=O)c2ccc(OC)cc2F)CCC1NC. The van der Waals surface area contributed by atoms with Crippen LogP contribution in [0, 0.1) is 11.7 Å². The van der Waals surface area contributed by atoms with Gasteiger partial charge >= 0.3 is 0 Å². The van der Waals surface area contributed by atoms with Gasteiger partial charge in [0.25, 0.3) is 5.91 Å². The van der Waals surface area contributed by atoms with Crippen molar-refractivity contribution in [1.29, 1.82) is 0 Å². The Morgan fingerprint density at radius 2 is 2.29 bits per heavy atom. The molecule has 0 spiro atoms. The Morgan fingerprint density at radius 1 is 1.52 bits per heavy atom. The predicted octanol–water partition coefficient (Wildman–Crippen LogP) is 2.29. The minimum absolute atomic E-state index is 0.119. The number of hydrogen-bond donors (Lipinski definition) is 1. The molecule has 0 bridgehead atoms. The molecule has 4 nitrogen and oxygen atoms in total. The smallest absolute Gasteiger partial charge is 0.256 e. The minimum Gasteiger partial charge on any atom is -0.497 e. The third-order valence-corrected chi connectivity index (χ3v) is 4.32. The quantitative estimate of drug-likeness (QED) is 0.926. The zero-order chi connectivity index (χ0) is 15.4. The summed E-state index contributed by atoms with van der Waals surface area (Å²) in [5.41, 5.74) is 0.119. The highest BCUT2D eigenvalue weighted by atomic mass is 19.1. The predicted molar refractivity (Wildman–Crippen MR) is 80.1 cm³/mol. The van der Waals surface area contributed by atoms with Crippen LogP contribution in [0.4, 0.5) is 4.39 Å². The van der Waals surface area contributed by atoms with Crippen LogP contribution >= 0.6 is 0 Å². The molecule has 0 radical (unpaired) electrons. The van der Waals surface area contributed by atoms with Crippen LogP contribution in [0.1, 0.15) is 30.1 Å². The number of methoxy groups -OCH3 is 1. The molecule has 1 heterocycles. The van der Waals surface area contributed by atoms with Crippen LogP contribution < -0.4 is 10.1 Å². The minimum atomic E-state index is -0.525. The van der Waals surface area contributed by atoms with Gasteiger partial charge in [0.05, 0.1) is 12.7 Å². The second kappa shape index (κ2) is 6.89. The lowest BCUT2D eigenvalue weighted by Crippen LogP contribution is -2.50. The van der Waals surface area contributed by atoms with Crippen molar-refractivity contribution in [2.24, 2.45) is 5.92 Å². The van der Waals surface area contributed by atoms with E-state index in [4.69, 9.17) is 4.74 Å². The Balaban J connectivity index is 2.13. The van der Waals surface area contributed by atoms with Crippen molar-refractivity contribution in [3.63, 3.8) is 0 Å². The highest BCUT2D eigenvalue weighted by Gasteiger charge is 2.30. The molecule has 0 saturated carbocycles. The van der Waals surface area contributed by atoms with Gasteiger partial charge in [-0.3, -0.25) is 4.79 Å². The van der Waals surface area contributed by atoms with Crippen molar-refractivity contribution in [3.05, 3.63) is 29.6 Å². The summed E-state index contributed by atoms with van der Waals surface area (Å²) in [6, 6.07) is 4.81. The maximum atomic E-state index is 14.0. The van der Waals surface area contributed by atoms with E-state index in [1.165, 1.54) is 19.2 Å². The van der Waals surface area contributed by atoms with Crippen LogP contribution in [0.5, 0.6) is 5.75 Å². The first-order valence-corrected chi connectivity index (χ1v) is 7.40. The number of likely N-dealkylation sites (tertiary alicyclic amines) is 1. The highest BCUT2D eigenvalue weighted by Crippen LogP contribution is 2.23. The van der Waals surface area contributed by atoms with Crippen molar-refractivity contribution in [2.75, 3.05) is 27.2 Å². The van der Waals surface area contributed by atoms with Crippen LogP contribution in [-0.2, 0) is 0 Å². The molecule has 1 aromatic carbocycles. The molecule has 0 aliphatic carbocycles. The highest BCUT2D eigenvalue weighted by molar-refractivity contribution is 5.94. The van der Waals surface area contributed by atoms with Crippen LogP contribution in [-0.4, -0.2) is 44.1 Å². The fraction of sp³-hybridized carbons (Fsp3) is 0.562. The number of hydrogen-bond acceptors (Lipinski definition) is 3. The lowest BCUT2D eigenvalue weighted by molar-refractivity contribution is 0.0627. The van der Waals surface area contributed by atoms with Gasteiger partial charge in [-0.15, -0.1) is 0 Å². The Morgan fingerprint density at radius 3 is 2.86 bits per heavy atom. The second-order valence-electron chi connectivity index (χ2n) is 5.45. The molecule has 116 valence electrons. The summed E-state index contributed by atoms with van der Waals surface area (Å²) < 4.78 is 19.0. The van der Waals surface area contributed by atoms with Gasteiger partial charge in [0.1, 0.15) is 11.6 Å². The number of halogens is 1. The summed E-state index contributed by atoms with van der Waals surface area (Å²) in [4.78, 5) is 14.3. The number of piperidine rings is 1. The molecule has 5 heteroatoms. The first-order valence-electron chi connectivity index (χ1n) is 7.40. The molecule has 1 aliphatic rings. The van der Waals surface area contributed by atoms with Crippen molar-refractivity contribution < 1.29 is 13.9 Å². The summed E-state index contributed by atoms with van der Waals surface area (Å²) in [5.74, 6) is 0.0738. The first-order chi connectivity index (χ1) is 10.1. The van der Waals surface area contributed by atoms with Crippen LogP contribution in [0.2, 0.25) is 0 Å². The van der Waals surface area contributed by atoms with Crippen LogP contribution in [0.3, 0.4) is 0 Å². The molecule has 1 aliphatic heterocycles. The van der Waals surface area contributed by atoms with Crippen molar-refractivity contribution in [1.82, 2.24) is 10.2 Å². The van der Waals surface area contributed by atoms with Gasteiger partial charge in [0.2, 0.25) is 0 Å². The molecular weight excluding hydrogens is 271 g/mol. The van der Waals surface area contributed by atoms with E-state index in [9.17, 15) is 9.18 Å². The third kappa shape index (κ3) is 3.35. The number of benzene rings is 1. The molecule has 1 saturated heterocycles. The first kappa shape index (κ1) is 15.8. The average Bonchev–Trinajstić information content (AvgIpc) is 2.53. The summed E-state index contributed by atoms with van der Waals surface area (Å²) in [7, 11) is 3.43. The van der Waals surface area contributed by atoms with Crippen LogP contribution in [0.25, 0.3) is 0 Å². The van der Waals surface area contributed by atoms with Crippen molar-refractivity contribution >= 4 is 5.91 Å². The molecule has 1 fully saturated rings. The summed E-state index contributed by atoms with van der Waals surface area (Å²) in [6.45, 7) is 3.45. The Bertz CT molecular complexity index is 507. The molecule has 0 aromatic heterocycles. The number of nitrogens with zero attached hydrogens (tertiary/aromatic N) is 1. The average molecular weight is 294 g/mol. The van der Waals surface area contributed by atoms with E-state index in [0.717, 1.165) is 12.8 Å². The molecule has 2 rings (SSSR count). The van der Waals surface area contributed by atoms with E-state index in [-0.39, 0.29) is 11.5 Å². The van der Waals surface area contributed by atoms with Crippen LogP contribution in [0.15, 0.2) is 18.2 Å². The molecule has 1 aromatic rings. The van der Waals surface area contributed by atoms with E-state index >= 15 is 0 Å². The van der Waals surface area contributed by atoms with E-state index in [0.29, 0.717) is 30.8 Å². The lowest BCUT2D eigenvalue weighted by Gasteiger charge is -2.38. The van der Waals surface area contributed by atoms with Gasteiger partial charge < -0.3 is 15.0 Å². The fourth-order valence-electron chi connectivity index (χ4n) is 2.98. The van der Waals surface area contributed by atoms with Gasteiger partial charge in [0, 0.05) is 25.2 Å². The lowest BCUT2D eigenvalue weighted by atomic mass is 9.89. The number of carbonyl (C=O) groups is 1. The molecule has 2 unspecified atom stereocenters. The zero-order valence-electron chi connectivity index (χ0n) is 12.9. The zero-order valence-corrected chi connectivity index (χ0v) is 12.9. The third-order valence-electron chi connectivity index (χ3n) is 4.32. The number of amides is 1. The molecule has 2 atom stereocenters. The summed E-state index contributed by atoms with van der Waals surface area (Å²) in [5, 5.41) is 3.30. The van der Waals surface area contributed by atoms with Gasteiger partial charge in [-0.25, -0.2) is 4.39 Å². The van der Waals surface area contributed by atoms with E-state index in [1.54, 1.807) is 11.0 Å². The fourth-order valence-corrected chi connectivity index (χ4v) is 2.98. The summed E-state index contributed by atoms with van der Waals surface area (Å²) >= 11 is 0. The van der Waals surface area contributed by atoms with Gasteiger partial charge in [-0.1, -0.05) is 13.3 Å². The number of carbonyl (C=O) groups excluding carboxylic acids is 1. The Kier molecular flexibility index (Phi) is 5.17. The largest absolute Gasteiger partial charge is 0.497 e. The monoisotopic (exact) mass is 294 g/mol. The molecule has 1 N–H and O–H groups in total. The molecular formula is C16H23FN2O2. The second-order valence-corrected chi connectivity index (χ2v) is 5.45. The number of ether oxygens (including phenoxy) is 1. The molecule has 21 heavy (non-hydrogen) atoms. The summed E-state index contributed by atoms with van der Waals surface area (Å²) in [6.07, 6.45) is 1.90. The molecule has 1 amide bonds. The number of nitrogens with one attached hydrogen (secondary N) is 1.